The van der Waals surface area contributed by atoms with Gasteiger partial charge in [-0.3, -0.25) is 22.5 Å². The van der Waals surface area contributed by atoms with Crippen molar-refractivity contribution in [2.24, 2.45) is 2.00 Å². The monoisotopic (exact) mass is 959 g/mol. The van der Waals surface area contributed by atoms with E-state index in [4.69, 9.17) is 0 Å². The van der Waals surface area contributed by atoms with Gasteiger partial charge in [0.15, 0.2) is 0 Å². The molecule has 7 rings (SSSR count). The van der Waals surface area contributed by atoms with Gasteiger partial charge < -0.3 is 19.5 Å². The minimum absolute atomic E-state index is 0. The number of halogens is 5. The van der Waals surface area contributed by atoms with Gasteiger partial charge in [-0.2, -0.15) is 0 Å². The Bertz CT molecular complexity index is 1900. The third-order valence-corrected chi connectivity index (χ3v) is 5.83. The van der Waals surface area contributed by atoms with Crippen molar-refractivity contribution in [3.63, 3.8) is 0 Å². The van der Waals surface area contributed by atoms with Gasteiger partial charge in [-0.05, 0) is 35.1 Å². The zero-order valence-electron chi connectivity index (χ0n) is 23.9. The van der Waals surface area contributed by atoms with Crippen LogP contribution in [0.15, 0.2) is 124 Å². The topological polar surface area (TPSA) is 68.8 Å². The molecular weight excluding hydrogens is 938 g/mol. The van der Waals surface area contributed by atoms with E-state index in [2.05, 4.69) is 57.6 Å². The fraction of sp³-hybridized carbons (Fsp3) is 0. The van der Waals surface area contributed by atoms with Crippen LogP contribution in [0.3, 0.4) is 0 Å². The third kappa shape index (κ3) is 11.1. The number of para-hydroxylation sites is 2. The maximum Gasteiger partial charge on any atom is 0.0552 e. The molecule has 3 aromatic carbocycles. The molecule has 0 fully saturated rings. The summed E-state index contributed by atoms with van der Waals surface area (Å²) in [6.07, 6.45) is 7.79. The molecule has 6 nitrogen and oxygen atoms in total. The summed E-state index contributed by atoms with van der Waals surface area (Å²) >= 11 is 3.96. The molecule has 0 aliphatic carbocycles. The van der Waals surface area contributed by atoms with Crippen LogP contribution in [0.2, 0.25) is 0 Å². The van der Waals surface area contributed by atoms with Crippen molar-refractivity contribution in [1.29, 1.82) is 0 Å². The largest absolute Gasteiger partial charge is 0.411 e. The Balaban J connectivity index is 0.000000182. The molecule has 13 heteroatoms. The number of fused-ring (bicyclic) bond motifs is 1. The summed E-state index contributed by atoms with van der Waals surface area (Å²) in [4.78, 5) is 16.3. The summed E-state index contributed by atoms with van der Waals surface area (Å²) in [5, 5.41) is 0. The molecule has 0 aliphatic rings. The molecule has 0 N–H and O–H groups in total. The molecule has 4 heterocycles. The Labute approximate surface area is 305 Å². The number of benzene rings is 3. The van der Waals surface area contributed by atoms with Crippen LogP contribution in [0, 0.1) is 41.7 Å². The van der Waals surface area contributed by atoms with Crippen molar-refractivity contribution in [2.75, 3.05) is 0 Å². The van der Waals surface area contributed by atoms with Crippen LogP contribution < -0.4 is 0 Å². The van der Waals surface area contributed by atoms with E-state index < -0.39 is 23.3 Å². The van der Waals surface area contributed by atoms with E-state index in [1.807, 2.05) is 69.9 Å². The van der Waals surface area contributed by atoms with Crippen LogP contribution in [0.25, 0.3) is 39.4 Å². The van der Waals surface area contributed by atoms with Gasteiger partial charge in [0.05, 0.1) is 5.82 Å². The van der Waals surface area contributed by atoms with Crippen molar-refractivity contribution >= 4 is 33.9 Å². The predicted molar refractivity (Wildman–Crippen MR) is 171 cm³/mol. The molecule has 4 aromatic heterocycles. The molecule has 235 valence electrons. The molecule has 0 aliphatic heterocycles. The van der Waals surface area contributed by atoms with E-state index >= 15 is 0 Å². The zero-order chi connectivity index (χ0) is 32.7. The van der Waals surface area contributed by atoms with Crippen molar-refractivity contribution in [3.05, 3.63) is 163 Å². The molecule has 0 bridgehead atoms. The molecule has 0 radical (unpaired) electrons. The molecule has 0 amide bonds. The van der Waals surface area contributed by atoms with Gasteiger partial charge in [-0.25, -0.2) is 0 Å². The van der Waals surface area contributed by atoms with Gasteiger partial charge in [-0.15, -0.1) is 24.3 Å². The normalized spacial score (nSPS) is 9.70. The molecule has 0 atom stereocenters. The van der Waals surface area contributed by atoms with Gasteiger partial charge >= 0.3 is 62.2 Å². The maximum atomic E-state index is 13.2. The second-order valence-electron chi connectivity index (χ2n) is 8.81. The first-order valence-corrected chi connectivity index (χ1v) is 14.8. The molecule has 0 spiro atoms. The Morgan fingerprint density at radius 3 is 1.57 bits per heavy atom. The van der Waals surface area contributed by atoms with Crippen molar-refractivity contribution in [1.82, 2.24) is 24.5 Å². The summed E-state index contributed by atoms with van der Waals surface area (Å²) in [6.45, 7) is 0. The maximum absolute atomic E-state index is 13.2. The van der Waals surface area contributed by atoms with Gasteiger partial charge in [-0.1, -0.05) is 89.4 Å². The Kier molecular flexibility index (Phi) is 15.7. The Hall–Kier alpha value is -3.94. The van der Waals surface area contributed by atoms with Crippen LogP contribution in [0.1, 0.15) is 0 Å². The molecule has 7 aromatic rings. The van der Waals surface area contributed by atoms with Crippen LogP contribution >= 0.6 is 22.9 Å². The average molecular weight is 959 g/mol. The Morgan fingerprint density at radius 1 is 0.660 bits per heavy atom. The van der Waals surface area contributed by atoms with Crippen LogP contribution in [0.5, 0.6) is 0 Å². The van der Waals surface area contributed by atoms with Crippen molar-refractivity contribution < 1.29 is 54.9 Å². The molecule has 47 heavy (non-hydrogen) atoms. The van der Waals surface area contributed by atoms with Crippen molar-refractivity contribution in [3.8, 4) is 28.3 Å². The summed E-state index contributed by atoms with van der Waals surface area (Å²) in [5.41, 5.74) is 3.23. The number of hydrogen-bond donors (Lipinski definition) is 0. The van der Waals surface area contributed by atoms with Gasteiger partial charge in [0.25, 0.3) is 0 Å². The first-order chi connectivity index (χ1) is 22.4. The smallest absolute Gasteiger partial charge is 0.0552 e. The van der Waals surface area contributed by atoms with E-state index in [-0.39, 0.29) is 31.2 Å². The number of pyridine rings is 3. The summed E-state index contributed by atoms with van der Waals surface area (Å²) in [6, 6.07) is 32.7. The minimum Gasteiger partial charge on any atom is -0.411 e. The number of hydrogen-bond acceptors (Lipinski definition) is 5. The van der Waals surface area contributed by atoms with Crippen LogP contribution in [-0.4, -0.2) is 24.5 Å². The van der Waals surface area contributed by atoms with Gasteiger partial charge in [0.1, 0.15) is 0 Å². The van der Waals surface area contributed by atoms with Gasteiger partial charge in [0, 0.05) is 48.2 Å². The average Bonchev–Trinajstić information content (AvgIpc) is 3.51. The summed E-state index contributed by atoms with van der Waals surface area (Å²) in [5.74, 6) is -1.73. The number of nitrogens with zero attached hydrogens (tertiary/aromatic N) is 6. The second kappa shape index (κ2) is 19.7. The first kappa shape index (κ1) is 37.5. The number of imidazole rings is 1. The molecular formula is C34H20F4IIrN6V. The third-order valence-electron chi connectivity index (χ3n) is 5.83. The summed E-state index contributed by atoms with van der Waals surface area (Å²) < 4.78 is 56.9. The fourth-order valence-electron chi connectivity index (χ4n) is 3.87. The second-order valence-corrected chi connectivity index (χ2v) is 10.8. The SMILES string of the molecule is Fc1c[c-]c(-c2ccccn2)c(F)c1.Fc1c[c-]c(-c2ccccn2)c(F)c1.[Ir+3].[V]=[N]I.[c-]1nc2ccccc2n1-c1ccccn1. The van der Waals surface area contributed by atoms with E-state index in [9.17, 15) is 17.6 Å². The zero-order valence-corrected chi connectivity index (χ0v) is 29.8. The van der Waals surface area contributed by atoms with Crippen LogP contribution in [0.4, 0.5) is 17.6 Å². The van der Waals surface area contributed by atoms with Crippen molar-refractivity contribution in [2.45, 2.75) is 0 Å². The van der Waals surface area contributed by atoms with E-state index in [0.717, 1.165) is 41.1 Å². The van der Waals surface area contributed by atoms with E-state index in [1.54, 1.807) is 55.0 Å². The van der Waals surface area contributed by atoms with E-state index in [1.165, 1.54) is 0 Å². The molecule has 0 saturated heterocycles. The summed E-state index contributed by atoms with van der Waals surface area (Å²) in [7, 11) is 0. The minimum atomic E-state index is -0.649. The predicted octanol–water partition coefficient (Wildman–Crippen LogP) is 8.94. The fourth-order valence-corrected chi connectivity index (χ4v) is 3.87. The van der Waals surface area contributed by atoms with E-state index in [0.29, 0.717) is 11.4 Å². The Morgan fingerprint density at radius 2 is 1.13 bits per heavy atom. The quantitative estimate of drug-likeness (QED) is 0.101. The number of aromatic nitrogens is 5. The standard InChI is InChI=1S/C12H8N3.2C11H6F2N.IN.Ir.V/c1-2-6-11-10(5-1)14-9-15(11)12-7-3-4-8-13-12;2*12-8-4-5-9(10(13)7-8)11-3-1-2-6-14-11;1-2;;/h1-8H;2*1-4,6-7H;;;/q3*-1;;+3;. The number of rotatable bonds is 3. The molecule has 0 saturated carbocycles. The van der Waals surface area contributed by atoms with Gasteiger partial charge in [0.2, 0.25) is 0 Å². The van der Waals surface area contributed by atoms with Crippen LogP contribution in [-0.2, 0) is 37.3 Å². The first-order valence-electron chi connectivity index (χ1n) is 13.2. The molecule has 0 unspecified atom stereocenters.